The number of rotatable bonds is 6. The molecule has 1 heteroatoms. The van der Waals surface area contributed by atoms with E-state index in [4.69, 9.17) is 0 Å². The molecule has 3 aliphatic rings. The van der Waals surface area contributed by atoms with Crippen LogP contribution in [0, 0.1) is 6.92 Å². The highest BCUT2D eigenvalue weighted by Gasteiger charge is 2.52. The summed E-state index contributed by atoms with van der Waals surface area (Å²) in [6, 6.07) is 77.7. The van der Waals surface area contributed by atoms with Crippen molar-refractivity contribution in [2.45, 2.75) is 63.7 Å². The van der Waals surface area contributed by atoms with Gasteiger partial charge in [-0.25, -0.2) is 0 Å². The predicted octanol–water partition coefficient (Wildman–Crippen LogP) is 17.2. The van der Waals surface area contributed by atoms with Gasteiger partial charge in [0.1, 0.15) is 0 Å². The molecular formula is C64H53N. The average molecular weight is 836 g/mol. The van der Waals surface area contributed by atoms with E-state index in [0.717, 1.165) is 17.8 Å². The maximum atomic E-state index is 2.60. The lowest BCUT2D eigenvalue weighted by atomic mass is 9.62. The Balaban J connectivity index is 1.22. The fourth-order valence-corrected chi connectivity index (χ4v) is 11.9. The molecule has 0 saturated heterocycles. The Hall–Kier alpha value is -7.22. The Morgan fingerprint density at radius 3 is 1.37 bits per heavy atom. The minimum Gasteiger partial charge on any atom is -0.309 e. The van der Waals surface area contributed by atoms with E-state index in [2.05, 4.69) is 246 Å². The van der Waals surface area contributed by atoms with Gasteiger partial charge in [0.2, 0.25) is 0 Å². The standard InChI is InChI=1S/C64H53N/c1-42-38-58-59(63(4,5)37-36-62(58,2)3)40-51(42)53-39-52-50-27-14-18-30-56(50)64(54-28-16-12-25-48(54)49-26-13-17-29-55(49)64)57(52)41-61(53)65(46-34-32-44(33-35-46)43-20-8-6-9-21-43)60-31-19-15-24-47(60)45-22-10-7-11-23-45/h6-35,38-41H,36-37H2,1-5H3. The molecule has 3 aliphatic carbocycles. The zero-order chi connectivity index (χ0) is 44.1. The first kappa shape index (κ1) is 39.4. The van der Waals surface area contributed by atoms with Crippen molar-refractivity contribution in [3.05, 3.63) is 245 Å². The van der Waals surface area contributed by atoms with Crippen molar-refractivity contribution >= 4 is 17.1 Å². The molecule has 1 spiro atoms. The molecule has 0 heterocycles. The van der Waals surface area contributed by atoms with Crippen LogP contribution in [0.5, 0.6) is 0 Å². The van der Waals surface area contributed by atoms with Gasteiger partial charge in [-0.2, -0.15) is 0 Å². The van der Waals surface area contributed by atoms with Crippen LogP contribution >= 0.6 is 0 Å². The second-order valence-corrected chi connectivity index (χ2v) is 19.9. The third kappa shape index (κ3) is 5.91. The van der Waals surface area contributed by atoms with E-state index >= 15 is 0 Å². The van der Waals surface area contributed by atoms with E-state index in [1.165, 1.54) is 107 Å². The van der Waals surface area contributed by atoms with Crippen molar-refractivity contribution in [1.82, 2.24) is 0 Å². The van der Waals surface area contributed by atoms with Crippen LogP contribution < -0.4 is 4.90 Å². The molecule has 0 radical (unpaired) electrons. The van der Waals surface area contributed by atoms with Gasteiger partial charge in [-0.15, -0.1) is 0 Å². The zero-order valence-electron chi connectivity index (χ0n) is 38.0. The fourth-order valence-electron chi connectivity index (χ4n) is 11.9. The first-order chi connectivity index (χ1) is 31.6. The third-order valence-corrected chi connectivity index (χ3v) is 15.3. The zero-order valence-corrected chi connectivity index (χ0v) is 38.0. The molecule has 0 aliphatic heterocycles. The van der Waals surface area contributed by atoms with Crippen molar-refractivity contribution in [1.29, 1.82) is 0 Å². The number of fused-ring (bicyclic) bond motifs is 11. The first-order valence-electron chi connectivity index (χ1n) is 23.4. The second-order valence-electron chi connectivity index (χ2n) is 19.9. The molecule has 0 amide bonds. The van der Waals surface area contributed by atoms with Gasteiger partial charge in [0.15, 0.2) is 0 Å². The van der Waals surface area contributed by atoms with Crippen LogP contribution in [0.2, 0.25) is 0 Å². The van der Waals surface area contributed by atoms with E-state index in [9.17, 15) is 0 Å². The number of nitrogens with zero attached hydrogens (tertiary/aromatic N) is 1. The Kier molecular flexibility index (Phi) is 8.88. The quantitative estimate of drug-likeness (QED) is 0.161. The number of para-hydroxylation sites is 1. The van der Waals surface area contributed by atoms with Crippen LogP contribution in [0.4, 0.5) is 17.1 Å². The van der Waals surface area contributed by atoms with Crippen LogP contribution in [0.15, 0.2) is 206 Å². The molecule has 314 valence electrons. The van der Waals surface area contributed by atoms with Crippen LogP contribution in [-0.4, -0.2) is 0 Å². The lowest BCUT2D eigenvalue weighted by Gasteiger charge is -2.42. The van der Waals surface area contributed by atoms with Crippen LogP contribution in [-0.2, 0) is 16.2 Å². The molecule has 65 heavy (non-hydrogen) atoms. The highest BCUT2D eigenvalue weighted by atomic mass is 15.1. The van der Waals surface area contributed by atoms with E-state index in [0.29, 0.717) is 0 Å². The molecule has 0 N–H and O–H groups in total. The van der Waals surface area contributed by atoms with E-state index < -0.39 is 5.41 Å². The molecule has 0 saturated carbocycles. The molecule has 9 aromatic carbocycles. The monoisotopic (exact) mass is 835 g/mol. The molecule has 0 aromatic heterocycles. The van der Waals surface area contributed by atoms with Crippen LogP contribution in [0.3, 0.4) is 0 Å². The van der Waals surface area contributed by atoms with Crippen molar-refractivity contribution < 1.29 is 0 Å². The van der Waals surface area contributed by atoms with E-state index in [-0.39, 0.29) is 10.8 Å². The number of aryl methyl sites for hydroxylation is 1. The Bertz CT molecular complexity index is 3270. The first-order valence-corrected chi connectivity index (χ1v) is 23.4. The smallest absolute Gasteiger partial charge is 0.0726 e. The summed E-state index contributed by atoms with van der Waals surface area (Å²) in [5.74, 6) is 0. The number of benzene rings is 9. The Labute approximate surface area is 384 Å². The van der Waals surface area contributed by atoms with Gasteiger partial charge < -0.3 is 4.90 Å². The Morgan fingerprint density at radius 1 is 0.323 bits per heavy atom. The molecule has 1 nitrogen and oxygen atoms in total. The second kappa shape index (κ2) is 14.7. The number of anilines is 3. The summed E-state index contributed by atoms with van der Waals surface area (Å²) in [6.07, 6.45) is 2.34. The molecule has 0 fully saturated rings. The lowest BCUT2D eigenvalue weighted by Crippen LogP contribution is -2.34. The molecular weight excluding hydrogens is 783 g/mol. The number of hydrogen-bond donors (Lipinski definition) is 0. The summed E-state index contributed by atoms with van der Waals surface area (Å²) < 4.78 is 0. The maximum absolute atomic E-state index is 2.60. The predicted molar refractivity (Wildman–Crippen MR) is 274 cm³/mol. The van der Waals surface area contributed by atoms with Crippen molar-refractivity contribution in [3.63, 3.8) is 0 Å². The van der Waals surface area contributed by atoms with E-state index in [1.54, 1.807) is 0 Å². The van der Waals surface area contributed by atoms with Gasteiger partial charge in [0.25, 0.3) is 0 Å². The SMILES string of the molecule is Cc1cc2c(cc1-c1cc3c(cc1N(c1ccc(-c4ccccc4)cc1)c1ccccc1-c1ccccc1)C1(c4ccccc4-c4ccccc41)c1ccccc1-3)C(C)(C)CCC2(C)C. The summed E-state index contributed by atoms with van der Waals surface area (Å²) in [5.41, 5.74) is 25.3. The summed E-state index contributed by atoms with van der Waals surface area (Å²) >= 11 is 0. The Morgan fingerprint density at radius 2 is 0.785 bits per heavy atom. The van der Waals surface area contributed by atoms with Crippen molar-refractivity contribution in [3.8, 4) is 55.6 Å². The minimum atomic E-state index is -0.495. The van der Waals surface area contributed by atoms with Crippen molar-refractivity contribution in [2.75, 3.05) is 4.90 Å². The molecule has 9 aromatic rings. The van der Waals surface area contributed by atoms with Gasteiger partial charge in [-0.1, -0.05) is 198 Å². The van der Waals surface area contributed by atoms with Gasteiger partial charge in [-0.05, 0) is 150 Å². The fraction of sp³-hybridized carbons (Fsp3) is 0.156. The summed E-state index contributed by atoms with van der Waals surface area (Å²) in [6.45, 7) is 12.1. The molecule has 0 unspecified atom stereocenters. The van der Waals surface area contributed by atoms with Crippen molar-refractivity contribution in [2.24, 2.45) is 0 Å². The topological polar surface area (TPSA) is 3.24 Å². The lowest BCUT2D eigenvalue weighted by molar-refractivity contribution is 0.332. The number of hydrogen-bond acceptors (Lipinski definition) is 1. The average Bonchev–Trinajstić information content (AvgIpc) is 3.81. The summed E-state index contributed by atoms with van der Waals surface area (Å²) in [7, 11) is 0. The largest absolute Gasteiger partial charge is 0.309 e. The van der Waals surface area contributed by atoms with Gasteiger partial charge in [-0.3, -0.25) is 0 Å². The maximum Gasteiger partial charge on any atom is 0.0726 e. The van der Waals surface area contributed by atoms with E-state index in [1.807, 2.05) is 0 Å². The normalized spacial score (nSPS) is 15.4. The third-order valence-electron chi connectivity index (χ3n) is 15.3. The van der Waals surface area contributed by atoms with Gasteiger partial charge in [0, 0.05) is 16.8 Å². The molecule has 0 bridgehead atoms. The summed E-state index contributed by atoms with van der Waals surface area (Å²) in [4.78, 5) is 2.57. The minimum absolute atomic E-state index is 0.0466. The highest BCUT2D eigenvalue weighted by Crippen LogP contribution is 2.64. The van der Waals surface area contributed by atoms with Gasteiger partial charge >= 0.3 is 0 Å². The molecule has 12 rings (SSSR count). The van der Waals surface area contributed by atoms with Crippen LogP contribution in [0.25, 0.3) is 55.6 Å². The van der Waals surface area contributed by atoms with Gasteiger partial charge in [0.05, 0.1) is 16.8 Å². The molecule has 0 atom stereocenters. The van der Waals surface area contributed by atoms with Crippen LogP contribution in [0.1, 0.15) is 79.5 Å². The summed E-state index contributed by atoms with van der Waals surface area (Å²) in [5, 5.41) is 0. The highest BCUT2D eigenvalue weighted by molar-refractivity contribution is 6.01.